The Balaban J connectivity index is 1.86. The van der Waals surface area contributed by atoms with Crippen molar-refractivity contribution in [3.63, 3.8) is 0 Å². The van der Waals surface area contributed by atoms with Gasteiger partial charge in [-0.2, -0.15) is 0 Å². The first-order valence-electron chi connectivity index (χ1n) is 7.96. The fourth-order valence-electron chi connectivity index (χ4n) is 2.64. The molecule has 1 aliphatic rings. The van der Waals surface area contributed by atoms with Crippen LogP contribution >= 0.6 is 0 Å². The van der Waals surface area contributed by atoms with Gasteiger partial charge in [0.2, 0.25) is 5.91 Å². The van der Waals surface area contributed by atoms with Gasteiger partial charge in [-0.3, -0.25) is 9.59 Å². The molecule has 0 aromatic heterocycles. The smallest absolute Gasteiger partial charge is 0.255 e. The average Bonchev–Trinajstić information content (AvgIpc) is 2.60. The Kier molecular flexibility index (Phi) is 6.40. The summed E-state index contributed by atoms with van der Waals surface area (Å²) in [6.07, 6.45) is 1.90. The number of rotatable bonds is 6. The molecule has 1 aromatic carbocycles. The van der Waals surface area contributed by atoms with Crippen molar-refractivity contribution in [2.24, 2.45) is 0 Å². The molecule has 0 atom stereocenters. The molecule has 0 aliphatic carbocycles. The van der Waals surface area contributed by atoms with Gasteiger partial charge in [0.15, 0.2) is 0 Å². The van der Waals surface area contributed by atoms with E-state index in [-0.39, 0.29) is 24.5 Å². The number of likely N-dealkylation sites (tertiary alicyclic amines) is 1. The third-order valence-electron chi connectivity index (χ3n) is 3.96. The lowest BCUT2D eigenvalue weighted by Crippen LogP contribution is -2.45. The number of hydrogen-bond donors (Lipinski definition) is 1. The van der Waals surface area contributed by atoms with Crippen LogP contribution in [-0.2, 0) is 9.53 Å². The first-order chi connectivity index (χ1) is 11.2. The lowest BCUT2D eigenvalue weighted by Gasteiger charge is -2.31. The molecule has 2 amide bonds. The van der Waals surface area contributed by atoms with E-state index in [1.807, 2.05) is 13.0 Å². The number of nitrogens with zero attached hydrogens (tertiary/aromatic N) is 1. The predicted octanol–water partition coefficient (Wildman–Crippen LogP) is 1.45. The van der Waals surface area contributed by atoms with Crippen LogP contribution in [0.1, 0.15) is 30.1 Å². The molecular weight excluding hydrogens is 296 g/mol. The van der Waals surface area contributed by atoms with Crippen LogP contribution in [0.2, 0.25) is 0 Å². The number of ether oxygens (including phenoxy) is 2. The molecule has 1 heterocycles. The van der Waals surface area contributed by atoms with Crippen LogP contribution < -0.4 is 10.1 Å². The van der Waals surface area contributed by atoms with Gasteiger partial charge in [-0.15, -0.1) is 0 Å². The maximum absolute atomic E-state index is 12.2. The average molecular weight is 320 g/mol. The summed E-state index contributed by atoms with van der Waals surface area (Å²) in [5.41, 5.74) is 0.445. The summed E-state index contributed by atoms with van der Waals surface area (Å²) in [6.45, 7) is 3.68. The number of nitrogens with one attached hydrogen (secondary N) is 1. The second-order valence-corrected chi connectivity index (χ2v) is 5.43. The molecule has 126 valence electrons. The van der Waals surface area contributed by atoms with Crippen LogP contribution in [0.5, 0.6) is 5.75 Å². The van der Waals surface area contributed by atoms with E-state index in [9.17, 15) is 9.59 Å². The molecule has 6 nitrogen and oxygen atoms in total. The van der Waals surface area contributed by atoms with Crippen LogP contribution in [-0.4, -0.2) is 56.2 Å². The lowest BCUT2D eigenvalue weighted by atomic mass is 10.1. The number of hydrogen-bond acceptors (Lipinski definition) is 4. The minimum atomic E-state index is -0.297. The van der Waals surface area contributed by atoms with E-state index in [1.165, 1.54) is 0 Å². The van der Waals surface area contributed by atoms with E-state index in [0.717, 1.165) is 12.8 Å². The molecule has 2 rings (SSSR count). The number of para-hydroxylation sites is 1. The zero-order chi connectivity index (χ0) is 16.7. The van der Waals surface area contributed by atoms with Crippen LogP contribution in [0.3, 0.4) is 0 Å². The highest BCUT2D eigenvalue weighted by Crippen LogP contribution is 2.17. The number of carbonyl (C=O) groups is 2. The van der Waals surface area contributed by atoms with Gasteiger partial charge in [0.25, 0.3) is 5.91 Å². The van der Waals surface area contributed by atoms with Gasteiger partial charge < -0.3 is 19.7 Å². The molecule has 1 saturated heterocycles. The molecule has 0 unspecified atom stereocenters. The van der Waals surface area contributed by atoms with Gasteiger partial charge in [-0.1, -0.05) is 12.1 Å². The fourth-order valence-corrected chi connectivity index (χ4v) is 2.64. The molecule has 0 radical (unpaired) electrons. The molecule has 23 heavy (non-hydrogen) atoms. The summed E-state index contributed by atoms with van der Waals surface area (Å²) in [5.74, 6) is 0.164. The summed E-state index contributed by atoms with van der Waals surface area (Å²) in [5, 5.41) is 2.68. The van der Waals surface area contributed by atoms with Crippen molar-refractivity contribution in [2.45, 2.75) is 25.9 Å². The van der Waals surface area contributed by atoms with Gasteiger partial charge >= 0.3 is 0 Å². The SMILES string of the molecule is CCOc1ccccc1C(=O)NCC(=O)N1CCC(OC)CC1. The third-order valence-corrected chi connectivity index (χ3v) is 3.96. The summed E-state index contributed by atoms with van der Waals surface area (Å²) in [7, 11) is 1.69. The number of methoxy groups -OCH3 is 1. The Morgan fingerprint density at radius 2 is 1.96 bits per heavy atom. The Morgan fingerprint density at radius 1 is 1.26 bits per heavy atom. The molecule has 1 aromatic rings. The number of amides is 2. The van der Waals surface area contributed by atoms with Crippen molar-refractivity contribution in [1.29, 1.82) is 0 Å². The Morgan fingerprint density at radius 3 is 2.61 bits per heavy atom. The van der Waals surface area contributed by atoms with Gasteiger partial charge in [0.05, 0.1) is 24.8 Å². The fraction of sp³-hybridized carbons (Fsp3) is 0.529. The van der Waals surface area contributed by atoms with Crippen molar-refractivity contribution in [3.8, 4) is 5.75 Å². The Hall–Kier alpha value is -2.08. The molecule has 0 saturated carbocycles. The van der Waals surface area contributed by atoms with E-state index < -0.39 is 0 Å². The van der Waals surface area contributed by atoms with Crippen molar-refractivity contribution < 1.29 is 19.1 Å². The zero-order valence-electron chi connectivity index (χ0n) is 13.7. The van der Waals surface area contributed by atoms with Crippen LogP contribution in [0.25, 0.3) is 0 Å². The predicted molar refractivity (Wildman–Crippen MR) is 86.6 cm³/mol. The molecule has 1 fully saturated rings. The van der Waals surface area contributed by atoms with Crippen molar-refractivity contribution >= 4 is 11.8 Å². The zero-order valence-corrected chi connectivity index (χ0v) is 13.7. The van der Waals surface area contributed by atoms with E-state index in [1.54, 1.807) is 30.2 Å². The largest absolute Gasteiger partial charge is 0.493 e. The minimum absolute atomic E-state index is 0.00303. The number of carbonyl (C=O) groups excluding carboxylic acids is 2. The number of benzene rings is 1. The highest BCUT2D eigenvalue weighted by molar-refractivity contribution is 5.98. The maximum Gasteiger partial charge on any atom is 0.255 e. The van der Waals surface area contributed by atoms with Gasteiger partial charge in [0.1, 0.15) is 5.75 Å². The van der Waals surface area contributed by atoms with E-state index in [4.69, 9.17) is 9.47 Å². The van der Waals surface area contributed by atoms with E-state index >= 15 is 0 Å². The first-order valence-corrected chi connectivity index (χ1v) is 7.96. The molecule has 6 heteroatoms. The lowest BCUT2D eigenvalue weighted by molar-refractivity contribution is -0.132. The van der Waals surface area contributed by atoms with Crippen LogP contribution in [0.15, 0.2) is 24.3 Å². The molecular formula is C17H24N2O4. The summed E-state index contributed by atoms with van der Waals surface area (Å²) < 4.78 is 10.7. The third kappa shape index (κ3) is 4.69. The first kappa shape index (κ1) is 17.3. The summed E-state index contributed by atoms with van der Waals surface area (Å²) >= 11 is 0. The van der Waals surface area contributed by atoms with Gasteiger partial charge in [-0.05, 0) is 31.9 Å². The van der Waals surface area contributed by atoms with Crippen LogP contribution in [0.4, 0.5) is 0 Å². The molecule has 0 spiro atoms. The highest BCUT2D eigenvalue weighted by atomic mass is 16.5. The van der Waals surface area contributed by atoms with Crippen LogP contribution in [0, 0.1) is 0 Å². The quantitative estimate of drug-likeness (QED) is 0.861. The van der Waals surface area contributed by atoms with Crippen molar-refractivity contribution in [3.05, 3.63) is 29.8 Å². The standard InChI is InChI=1S/C17H24N2O4/c1-3-23-15-7-5-4-6-14(15)17(21)18-12-16(20)19-10-8-13(22-2)9-11-19/h4-7,13H,3,8-12H2,1-2H3,(H,18,21). The topological polar surface area (TPSA) is 67.9 Å². The Labute approximate surface area is 136 Å². The van der Waals surface area contributed by atoms with Crippen molar-refractivity contribution in [2.75, 3.05) is 33.4 Å². The normalized spacial score (nSPS) is 15.3. The summed E-state index contributed by atoms with van der Waals surface area (Å²) in [4.78, 5) is 26.2. The molecule has 0 bridgehead atoms. The second-order valence-electron chi connectivity index (χ2n) is 5.43. The van der Waals surface area contributed by atoms with Crippen molar-refractivity contribution in [1.82, 2.24) is 10.2 Å². The Bertz CT molecular complexity index is 539. The van der Waals surface area contributed by atoms with Gasteiger partial charge in [0, 0.05) is 20.2 Å². The molecule has 1 N–H and O–H groups in total. The highest BCUT2D eigenvalue weighted by Gasteiger charge is 2.23. The monoisotopic (exact) mass is 320 g/mol. The maximum atomic E-state index is 12.2. The van der Waals surface area contributed by atoms with E-state index in [2.05, 4.69) is 5.32 Å². The van der Waals surface area contributed by atoms with E-state index in [0.29, 0.717) is 31.0 Å². The molecule has 1 aliphatic heterocycles. The summed E-state index contributed by atoms with van der Waals surface area (Å²) in [6, 6.07) is 7.02. The minimum Gasteiger partial charge on any atom is -0.493 e. The second kappa shape index (κ2) is 8.53. The van der Waals surface area contributed by atoms with Gasteiger partial charge in [-0.25, -0.2) is 0 Å². The number of piperidine rings is 1.